The lowest BCUT2D eigenvalue weighted by molar-refractivity contribution is 0.353. The van der Waals surface area contributed by atoms with E-state index in [1.54, 1.807) is 17.0 Å². The van der Waals surface area contributed by atoms with Gasteiger partial charge >= 0.3 is 0 Å². The summed E-state index contributed by atoms with van der Waals surface area (Å²) in [6, 6.07) is 1.68. The number of anilines is 1. The number of hydrogen-bond donors (Lipinski definition) is 1. The van der Waals surface area contributed by atoms with Gasteiger partial charge in [0.1, 0.15) is 0 Å². The van der Waals surface area contributed by atoms with E-state index in [-0.39, 0.29) is 5.56 Å². The van der Waals surface area contributed by atoms with E-state index in [0.717, 1.165) is 19.4 Å². The van der Waals surface area contributed by atoms with Gasteiger partial charge in [-0.05, 0) is 31.6 Å². The molecule has 2 aliphatic rings. The molecule has 2 bridgehead atoms. The van der Waals surface area contributed by atoms with Crippen molar-refractivity contribution in [3.8, 4) is 0 Å². The topological polar surface area (TPSA) is 50.2 Å². The Morgan fingerprint density at radius 3 is 2.67 bits per heavy atom. The predicted molar refractivity (Wildman–Crippen MR) is 84.7 cm³/mol. The molecule has 2 atom stereocenters. The summed E-state index contributed by atoms with van der Waals surface area (Å²) >= 11 is 0. The zero-order chi connectivity index (χ0) is 15.0. The number of nitrogens with zero attached hydrogens (tertiary/aromatic N) is 3. The second-order valence-corrected chi connectivity index (χ2v) is 6.98. The maximum absolute atomic E-state index is 12.6. The first-order valence-electron chi connectivity index (χ1n) is 8.09. The van der Waals surface area contributed by atoms with Gasteiger partial charge < -0.3 is 14.8 Å². The largest absolute Gasteiger partial charge is 0.352 e. The first-order valence-corrected chi connectivity index (χ1v) is 8.09. The molecule has 1 aromatic rings. The molecule has 0 aliphatic carbocycles. The van der Waals surface area contributed by atoms with E-state index in [0.29, 0.717) is 29.9 Å². The van der Waals surface area contributed by atoms with Crippen LogP contribution in [0.25, 0.3) is 0 Å². The van der Waals surface area contributed by atoms with Crippen LogP contribution in [0.5, 0.6) is 0 Å². The molecule has 0 aromatic carbocycles. The van der Waals surface area contributed by atoms with Gasteiger partial charge in [0.15, 0.2) is 5.82 Å². The molecule has 2 saturated heterocycles. The van der Waals surface area contributed by atoms with Gasteiger partial charge in [-0.3, -0.25) is 4.79 Å². The second-order valence-electron chi connectivity index (χ2n) is 6.98. The van der Waals surface area contributed by atoms with E-state index in [2.05, 4.69) is 29.0 Å². The highest BCUT2D eigenvalue weighted by molar-refractivity contribution is 5.36. The van der Waals surface area contributed by atoms with Crippen molar-refractivity contribution in [1.82, 2.24) is 14.9 Å². The van der Waals surface area contributed by atoms with Gasteiger partial charge in [0.05, 0.1) is 0 Å². The molecule has 5 heteroatoms. The van der Waals surface area contributed by atoms with E-state index in [1.165, 1.54) is 12.8 Å². The summed E-state index contributed by atoms with van der Waals surface area (Å²) in [5.41, 5.74) is 0.0413. The van der Waals surface area contributed by atoms with Crippen molar-refractivity contribution in [2.24, 2.45) is 5.92 Å². The van der Waals surface area contributed by atoms with Gasteiger partial charge in [-0.2, -0.15) is 0 Å². The molecular weight excluding hydrogens is 264 g/mol. The van der Waals surface area contributed by atoms with E-state index in [1.807, 2.05) is 7.05 Å². The quantitative estimate of drug-likeness (QED) is 0.915. The van der Waals surface area contributed by atoms with Gasteiger partial charge in [0.25, 0.3) is 5.56 Å². The van der Waals surface area contributed by atoms with E-state index < -0.39 is 0 Å². The third-order valence-electron chi connectivity index (χ3n) is 4.79. The second kappa shape index (κ2) is 5.79. The van der Waals surface area contributed by atoms with Crippen LogP contribution >= 0.6 is 0 Å². The Balaban J connectivity index is 1.81. The number of rotatable bonds is 4. The highest BCUT2D eigenvalue weighted by Gasteiger charge is 2.36. The van der Waals surface area contributed by atoms with Crippen LogP contribution in [0.15, 0.2) is 17.2 Å². The molecule has 0 amide bonds. The Morgan fingerprint density at radius 2 is 2.05 bits per heavy atom. The average molecular weight is 290 g/mol. The van der Waals surface area contributed by atoms with E-state index >= 15 is 0 Å². The lowest BCUT2D eigenvalue weighted by Crippen LogP contribution is -2.48. The van der Waals surface area contributed by atoms with E-state index in [9.17, 15) is 4.79 Å². The van der Waals surface area contributed by atoms with Crippen LogP contribution in [-0.4, -0.2) is 34.7 Å². The molecule has 0 radical (unpaired) electrons. The smallest absolute Gasteiger partial charge is 0.293 e. The number of aromatic nitrogens is 2. The maximum atomic E-state index is 12.6. The first kappa shape index (κ1) is 14.6. The molecule has 1 N–H and O–H groups in total. The Kier molecular flexibility index (Phi) is 4.02. The zero-order valence-corrected chi connectivity index (χ0v) is 13.2. The summed E-state index contributed by atoms with van der Waals surface area (Å²) in [6.45, 7) is 5.00. The van der Waals surface area contributed by atoms with Gasteiger partial charge in [-0.25, -0.2) is 4.98 Å². The van der Waals surface area contributed by atoms with Crippen molar-refractivity contribution in [1.29, 1.82) is 0 Å². The molecule has 0 spiro atoms. The van der Waals surface area contributed by atoms with Crippen LogP contribution in [-0.2, 0) is 6.54 Å². The number of piperidine rings is 1. The van der Waals surface area contributed by atoms with Crippen molar-refractivity contribution in [3.63, 3.8) is 0 Å². The minimum absolute atomic E-state index is 0.0413. The third kappa shape index (κ3) is 2.98. The molecule has 3 heterocycles. The minimum atomic E-state index is 0.0413. The number of fused-ring (bicyclic) bond motifs is 2. The fourth-order valence-electron chi connectivity index (χ4n) is 3.73. The van der Waals surface area contributed by atoms with Crippen LogP contribution in [0.2, 0.25) is 0 Å². The predicted octanol–water partition coefficient (Wildman–Crippen LogP) is 1.62. The summed E-state index contributed by atoms with van der Waals surface area (Å²) in [7, 11) is 2.03. The molecule has 2 fully saturated rings. The number of hydrogen-bond acceptors (Lipinski definition) is 4. The van der Waals surface area contributed by atoms with Gasteiger partial charge in [-0.15, -0.1) is 0 Å². The SMILES string of the molecule is CC(C)Cn1ccnc(N(C)C2CC3CCC(C2)N3)c1=O. The summed E-state index contributed by atoms with van der Waals surface area (Å²) in [6.07, 6.45) is 8.33. The van der Waals surface area contributed by atoms with Gasteiger partial charge in [-0.1, -0.05) is 13.8 Å². The fraction of sp³-hybridized carbons (Fsp3) is 0.750. The normalized spacial score (nSPS) is 28.1. The van der Waals surface area contributed by atoms with Crippen molar-refractivity contribution in [2.75, 3.05) is 11.9 Å². The van der Waals surface area contributed by atoms with Crippen LogP contribution in [0.3, 0.4) is 0 Å². The maximum Gasteiger partial charge on any atom is 0.293 e. The molecule has 2 aliphatic heterocycles. The molecule has 0 saturated carbocycles. The third-order valence-corrected chi connectivity index (χ3v) is 4.79. The molecule has 116 valence electrons. The molecule has 2 unspecified atom stereocenters. The molecule has 5 nitrogen and oxygen atoms in total. The summed E-state index contributed by atoms with van der Waals surface area (Å²) in [4.78, 5) is 19.1. The van der Waals surface area contributed by atoms with Crippen LogP contribution < -0.4 is 15.8 Å². The fourth-order valence-corrected chi connectivity index (χ4v) is 3.73. The Labute approximate surface area is 126 Å². The standard InChI is InChI=1S/C16H26N4O/c1-11(2)10-20-7-6-17-15(16(20)21)19(3)14-8-12-4-5-13(9-14)18-12/h6-7,11-14,18H,4-5,8-10H2,1-3H3. The summed E-state index contributed by atoms with van der Waals surface area (Å²) in [5, 5.41) is 3.65. The minimum Gasteiger partial charge on any atom is -0.352 e. The Morgan fingerprint density at radius 1 is 1.38 bits per heavy atom. The molecule has 1 aromatic heterocycles. The number of nitrogens with one attached hydrogen (secondary N) is 1. The molecule has 3 rings (SSSR count). The first-order chi connectivity index (χ1) is 10.0. The highest BCUT2D eigenvalue weighted by atomic mass is 16.1. The van der Waals surface area contributed by atoms with Gasteiger partial charge in [0.2, 0.25) is 0 Å². The summed E-state index contributed by atoms with van der Waals surface area (Å²) < 4.78 is 1.79. The Hall–Kier alpha value is -1.36. The summed E-state index contributed by atoms with van der Waals surface area (Å²) in [5.74, 6) is 1.06. The van der Waals surface area contributed by atoms with Crippen molar-refractivity contribution in [2.45, 2.75) is 64.2 Å². The highest BCUT2D eigenvalue weighted by Crippen LogP contribution is 2.30. The molecular formula is C16H26N4O. The zero-order valence-electron chi connectivity index (χ0n) is 13.2. The Bertz CT molecular complexity index is 541. The van der Waals surface area contributed by atoms with Crippen LogP contribution in [0.4, 0.5) is 5.82 Å². The van der Waals surface area contributed by atoms with Gasteiger partial charge in [0, 0.05) is 44.1 Å². The van der Waals surface area contributed by atoms with Crippen molar-refractivity contribution < 1.29 is 0 Å². The van der Waals surface area contributed by atoms with Crippen molar-refractivity contribution >= 4 is 5.82 Å². The molecule has 21 heavy (non-hydrogen) atoms. The van der Waals surface area contributed by atoms with Crippen molar-refractivity contribution in [3.05, 3.63) is 22.7 Å². The average Bonchev–Trinajstić information content (AvgIpc) is 2.78. The van der Waals surface area contributed by atoms with Crippen LogP contribution in [0.1, 0.15) is 39.5 Å². The lowest BCUT2D eigenvalue weighted by atomic mass is 9.98. The monoisotopic (exact) mass is 290 g/mol. The van der Waals surface area contributed by atoms with Crippen LogP contribution in [0, 0.1) is 5.92 Å². The lowest BCUT2D eigenvalue weighted by Gasteiger charge is -2.35. The van der Waals surface area contributed by atoms with E-state index in [4.69, 9.17) is 0 Å².